The third-order valence-corrected chi connectivity index (χ3v) is 7.22. The van der Waals surface area contributed by atoms with Crippen molar-refractivity contribution < 1.29 is 18.0 Å². The van der Waals surface area contributed by atoms with Crippen molar-refractivity contribution >= 4 is 38.0 Å². The summed E-state index contributed by atoms with van der Waals surface area (Å²) in [6.07, 6.45) is 4.77. The quantitative estimate of drug-likeness (QED) is 0.321. The van der Waals surface area contributed by atoms with Crippen LogP contribution in [0.25, 0.3) is 0 Å². The zero-order chi connectivity index (χ0) is 29.2. The van der Waals surface area contributed by atoms with Crippen LogP contribution in [0.15, 0.2) is 64.7 Å². The van der Waals surface area contributed by atoms with E-state index in [1.807, 2.05) is 26.1 Å². The fourth-order valence-corrected chi connectivity index (χ4v) is 5.24. The molecular weight excluding hydrogens is 544 g/mol. The molecule has 1 amide bonds. The van der Waals surface area contributed by atoms with Gasteiger partial charge < -0.3 is 5.32 Å². The Labute approximate surface area is 236 Å². The molecule has 0 aliphatic carbocycles. The Kier molecular flexibility index (Phi) is 12.8. The molecule has 1 aromatic heterocycles. The van der Waals surface area contributed by atoms with Gasteiger partial charge in [-0.25, -0.2) is 0 Å². The van der Waals surface area contributed by atoms with E-state index in [-0.39, 0.29) is 17.4 Å². The average Bonchev–Trinajstić information content (AvgIpc) is 2.88. The van der Waals surface area contributed by atoms with E-state index in [2.05, 4.69) is 54.4 Å². The number of benzene rings is 1. The lowest BCUT2D eigenvalue weighted by atomic mass is 10.1. The van der Waals surface area contributed by atoms with Crippen LogP contribution in [-0.2, 0) is 6.18 Å². The van der Waals surface area contributed by atoms with Crippen LogP contribution in [0.4, 0.5) is 18.9 Å². The summed E-state index contributed by atoms with van der Waals surface area (Å²) in [4.78, 5) is 20.5. The topological polar surface area (TPSA) is 66.4 Å². The van der Waals surface area contributed by atoms with Gasteiger partial charge in [0.15, 0.2) is 0 Å². The molecule has 3 atom stereocenters. The monoisotopic (exact) mass is 580 g/mol. The normalized spacial score (nSPS) is 18.8. The summed E-state index contributed by atoms with van der Waals surface area (Å²) >= 11 is 6.46. The molecule has 0 fully saturated rings. The highest BCUT2D eigenvalue weighted by atomic mass is 35.5. The molecule has 2 aromatic rings. The molecule has 10 heteroatoms. The fraction of sp³-hybridized carbons (Fsp3) is 0.414. The second kappa shape index (κ2) is 15.3. The number of hydrogen-bond acceptors (Lipinski definition) is 4. The molecule has 0 saturated carbocycles. The molecule has 1 aliphatic rings. The Balaban J connectivity index is 0.00000170. The first-order valence-corrected chi connectivity index (χ1v) is 14.4. The lowest BCUT2D eigenvalue weighted by Gasteiger charge is -2.26. The molecule has 3 rings (SSSR count). The molecule has 2 heterocycles. The van der Waals surface area contributed by atoms with Crippen molar-refractivity contribution in [2.45, 2.75) is 72.4 Å². The maximum Gasteiger partial charge on any atom is 0.433 e. The minimum atomic E-state index is -4.56. The van der Waals surface area contributed by atoms with E-state index in [9.17, 15) is 18.0 Å². The largest absolute Gasteiger partial charge is 0.433 e. The second-order valence-corrected chi connectivity index (χ2v) is 11.4. The predicted molar refractivity (Wildman–Crippen MR) is 158 cm³/mol. The average molecular weight is 581 g/mol. The Hall–Kier alpha value is -2.54. The van der Waals surface area contributed by atoms with Crippen LogP contribution in [-0.4, -0.2) is 22.9 Å². The van der Waals surface area contributed by atoms with E-state index in [1.165, 1.54) is 11.7 Å². The lowest BCUT2D eigenvalue weighted by Crippen LogP contribution is -2.31. The highest BCUT2D eigenvalue weighted by molar-refractivity contribution is 7.45. The van der Waals surface area contributed by atoms with E-state index in [0.29, 0.717) is 25.2 Å². The van der Waals surface area contributed by atoms with Gasteiger partial charge in [0.25, 0.3) is 5.91 Å². The molecular formula is C29H37ClF3N4OP. The number of carbonyl (C=O) groups is 1. The first-order chi connectivity index (χ1) is 18.4. The highest BCUT2D eigenvalue weighted by Crippen LogP contribution is 2.39. The van der Waals surface area contributed by atoms with Crippen molar-refractivity contribution in [1.82, 2.24) is 10.3 Å². The van der Waals surface area contributed by atoms with E-state index in [0.717, 1.165) is 36.0 Å². The smallest absolute Gasteiger partial charge is 0.322 e. The third-order valence-electron chi connectivity index (χ3n) is 5.48. The van der Waals surface area contributed by atoms with E-state index in [4.69, 9.17) is 11.6 Å². The van der Waals surface area contributed by atoms with Gasteiger partial charge in [0.05, 0.1) is 17.0 Å². The van der Waals surface area contributed by atoms with Crippen molar-refractivity contribution in [2.75, 3.05) is 5.32 Å². The standard InChI is InChI=1S/C26H29ClF3N4OP.C3H8/c1-5-21-22(10-6-15(2)3)36-24(14-31-21)33-16(4)19-12-18(8-9-20(19)27)34-25(35)17-7-11-23(32-13-17)26(28,29)30;1-3-2/h5,7-16,24,33,36H,6H2,1-4H3,(H,34,35);3H2,1-2H3/b21-5+,22-10-;. The van der Waals surface area contributed by atoms with Gasteiger partial charge in [-0.05, 0) is 67.4 Å². The Morgan fingerprint density at radius 1 is 1.18 bits per heavy atom. The molecule has 1 aliphatic heterocycles. The highest BCUT2D eigenvalue weighted by Gasteiger charge is 2.32. The molecule has 0 spiro atoms. The molecule has 0 radical (unpaired) electrons. The van der Waals surface area contributed by atoms with Crippen LogP contribution in [0.5, 0.6) is 0 Å². The van der Waals surface area contributed by atoms with Crippen molar-refractivity contribution in [3.63, 3.8) is 0 Å². The number of rotatable bonds is 7. The minimum absolute atomic E-state index is 0.0192. The van der Waals surface area contributed by atoms with Gasteiger partial charge in [0.1, 0.15) is 5.69 Å². The molecule has 0 bridgehead atoms. The van der Waals surface area contributed by atoms with Gasteiger partial charge in [0, 0.05) is 29.2 Å². The van der Waals surface area contributed by atoms with Crippen LogP contribution < -0.4 is 10.6 Å². The number of alkyl halides is 3. The van der Waals surface area contributed by atoms with E-state index in [1.54, 1.807) is 18.2 Å². The minimum Gasteiger partial charge on any atom is -0.322 e. The number of amides is 1. The molecule has 2 N–H and O–H groups in total. The van der Waals surface area contributed by atoms with Crippen molar-refractivity contribution in [2.24, 2.45) is 10.9 Å². The number of nitrogens with one attached hydrogen (secondary N) is 2. The maximum absolute atomic E-state index is 12.7. The Bertz CT molecular complexity index is 1190. The predicted octanol–water partition coefficient (Wildman–Crippen LogP) is 9.00. The summed E-state index contributed by atoms with van der Waals surface area (Å²) in [5.74, 6) is 0.0335. The number of allylic oxidation sites excluding steroid dienone is 3. The molecule has 3 unspecified atom stereocenters. The number of carbonyl (C=O) groups excluding carboxylic acids is 1. The number of hydrogen-bond donors (Lipinski definition) is 2. The van der Waals surface area contributed by atoms with Crippen LogP contribution in [0.1, 0.15) is 82.0 Å². The summed E-state index contributed by atoms with van der Waals surface area (Å²) < 4.78 is 38.2. The number of aliphatic imine (C=N–C) groups is 1. The second-order valence-electron chi connectivity index (χ2n) is 9.54. The van der Waals surface area contributed by atoms with Crippen molar-refractivity contribution in [1.29, 1.82) is 0 Å². The van der Waals surface area contributed by atoms with Crippen molar-refractivity contribution in [3.8, 4) is 0 Å². The molecule has 0 saturated heterocycles. The molecule has 5 nitrogen and oxygen atoms in total. The lowest BCUT2D eigenvalue weighted by molar-refractivity contribution is -0.141. The molecule has 39 heavy (non-hydrogen) atoms. The summed E-state index contributed by atoms with van der Waals surface area (Å²) in [6, 6.07) is 6.81. The number of aromatic nitrogens is 1. The summed E-state index contributed by atoms with van der Waals surface area (Å²) in [5.41, 5.74) is 1.22. The number of halogens is 4. The SMILES string of the molecule is C/C=C1/N=CC(NC(C)c2cc(NC(=O)c3ccc(C(F)(F)F)nc3)ccc2Cl)P/C1=C\CC(C)C.CCC. The summed E-state index contributed by atoms with van der Waals surface area (Å²) in [5, 5.41) is 8.02. The van der Waals surface area contributed by atoms with Crippen LogP contribution in [0.3, 0.4) is 0 Å². The molecule has 212 valence electrons. The zero-order valence-electron chi connectivity index (χ0n) is 23.2. The maximum atomic E-state index is 12.7. The van der Waals surface area contributed by atoms with Gasteiger partial charge in [-0.2, -0.15) is 13.2 Å². The van der Waals surface area contributed by atoms with Crippen LogP contribution in [0, 0.1) is 5.92 Å². The molecule has 1 aromatic carbocycles. The third kappa shape index (κ3) is 10.2. The van der Waals surface area contributed by atoms with E-state index < -0.39 is 17.8 Å². The van der Waals surface area contributed by atoms with Gasteiger partial charge in [0.2, 0.25) is 0 Å². The summed E-state index contributed by atoms with van der Waals surface area (Å²) in [7, 11) is 0.507. The van der Waals surface area contributed by atoms with Gasteiger partial charge in [-0.15, -0.1) is 0 Å². The first kappa shape index (κ1) is 32.7. The fourth-order valence-electron chi connectivity index (χ4n) is 3.55. The van der Waals surface area contributed by atoms with Crippen LogP contribution >= 0.6 is 20.2 Å². The van der Waals surface area contributed by atoms with Gasteiger partial charge in [-0.1, -0.05) is 66.4 Å². The Morgan fingerprint density at radius 3 is 2.44 bits per heavy atom. The van der Waals surface area contributed by atoms with Gasteiger partial charge >= 0.3 is 6.18 Å². The van der Waals surface area contributed by atoms with E-state index >= 15 is 0 Å². The number of nitrogens with zero attached hydrogens (tertiary/aromatic N) is 2. The number of pyridine rings is 1. The van der Waals surface area contributed by atoms with Crippen LogP contribution in [0.2, 0.25) is 5.02 Å². The number of anilines is 1. The first-order valence-electron chi connectivity index (χ1n) is 13.0. The zero-order valence-corrected chi connectivity index (χ0v) is 24.9. The summed E-state index contributed by atoms with van der Waals surface area (Å²) in [6.45, 7) is 12.6. The van der Waals surface area contributed by atoms with Gasteiger partial charge in [-0.3, -0.25) is 20.1 Å². The Morgan fingerprint density at radius 2 is 1.87 bits per heavy atom. The van der Waals surface area contributed by atoms with Crippen molar-refractivity contribution in [3.05, 3.63) is 81.5 Å².